The van der Waals surface area contributed by atoms with Crippen molar-refractivity contribution in [1.29, 1.82) is 10.5 Å². The number of thiophene rings is 5. The van der Waals surface area contributed by atoms with Crippen molar-refractivity contribution in [1.82, 2.24) is 24.9 Å². The van der Waals surface area contributed by atoms with Crippen molar-refractivity contribution >= 4 is 220 Å². The fourth-order valence-corrected chi connectivity index (χ4v) is 20.3. The highest BCUT2D eigenvalue weighted by Crippen LogP contribution is 2.45. The van der Waals surface area contributed by atoms with Gasteiger partial charge in [-0.1, -0.05) is 130 Å². The molecule has 0 bridgehead atoms. The Hall–Kier alpha value is -18.2. The zero-order chi connectivity index (χ0) is 105. The molecular weight excluding hydrogens is 2110 g/mol. The van der Waals surface area contributed by atoms with Gasteiger partial charge in [-0.15, -0.1) is 56.7 Å². The van der Waals surface area contributed by atoms with Crippen molar-refractivity contribution in [2.24, 2.45) is 0 Å². The Bertz CT molecular complexity index is 8920. The number of ether oxygens (including phenoxy) is 1. The van der Waals surface area contributed by atoms with Gasteiger partial charge in [0, 0.05) is 74.9 Å². The van der Waals surface area contributed by atoms with Crippen LogP contribution in [0.15, 0.2) is 242 Å². The molecule has 148 heavy (non-hydrogen) atoms. The Morgan fingerprint density at radius 2 is 0.777 bits per heavy atom. The van der Waals surface area contributed by atoms with E-state index in [4.69, 9.17) is 55.5 Å². The summed E-state index contributed by atoms with van der Waals surface area (Å²) in [5.41, 5.74) is 7.08. The first-order valence-corrected chi connectivity index (χ1v) is 48.1. The van der Waals surface area contributed by atoms with Crippen molar-refractivity contribution in [2.75, 3.05) is 23.1 Å². The van der Waals surface area contributed by atoms with Gasteiger partial charge in [0.15, 0.2) is 62.7 Å². The molecule has 0 saturated carbocycles. The number of para-hydroxylation sites is 7. The van der Waals surface area contributed by atoms with Gasteiger partial charge < -0.3 is 68.3 Å². The highest BCUT2D eigenvalue weighted by Gasteiger charge is 2.33. The van der Waals surface area contributed by atoms with Crippen LogP contribution in [0, 0.1) is 79.1 Å². The summed E-state index contributed by atoms with van der Waals surface area (Å²) in [6.07, 6.45) is -0.245. The number of carboxylic acid groups (broad SMARTS) is 5. The van der Waals surface area contributed by atoms with Gasteiger partial charge in [0.25, 0.3) is 29.5 Å². The van der Waals surface area contributed by atoms with Crippen molar-refractivity contribution in [3.63, 3.8) is 0 Å². The van der Waals surface area contributed by atoms with Crippen molar-refractivity contribution in [2.45, 2.75) is 33.6 Å². The number of methoxy groups -OCH3 is 1. The van der Waals surface area contributed by atoms with Crippen LogP contribution in [0.1, 0.15) is 143 Å². The summed E-state index contributed by atoms with van der Waals surface area (Å²) in [5, 5.41) is 82.0. The van der Waals surface area contributed by atoms with Gasteiger partial charge in [0.2, 0.25) is 11.6 Å². The number of ketones is 2. The van der Waals surface area contributed by atoms with Crippen LogP contribution in [0.25, 0.3) is 116 Å². The quantitative estimate of drug-likeness (QED) is 0.0167. The molecule has 10 aromatic heterocycles. The van der Waals surface area contributed by atoms with E-state index in [2.05, 4.69) is 61.6 Å². The zero-order valence-corrected chi connectivity index (χ0v) is 82.2. The molecule has 32 nitrogen and oxygen atoms in total. The second-order valence-corrected chi connectivity index (χ2v) is 37.2. The van der Waals surface area contributed by atoms with E-state index in [0.717, 1.165) is 55.7 Å². The van der Waals surface area contributed by atoms with Crippen molar-refractivity contribution in [3.8, 4) is 73.5 Å². The van der Waals surface area contributed by atoms with E-state index in [1.54, 1.807) is 144 Å². The lowest BCUT2D eigenvalue weighted by Crippen LogP contribution is -2.14. The number of benzene rings is 10. The molecule has 44 heteroatoms. The summed E-state index contributed by atoms with van der Waals surface area (Å²) in [6.45, 7) is 11.7. The number of nitrogens with one attached hydrogen (secondary N) is 3. The van der Waals surface area contributed by atoms with Gasteiger partial charge in [-0.05, 0) is 145 Å². The van der Waals surface area contributed by atoms with Crippen LogP contribution in [0.3, 0.4) is 0 Å². The van der Waals surface area contributed by atoms with Crippen LogP contribution >= 0.6 is 84.2 Å². The predicted octanol–water partition coefficient (Wildman–Crippen LogP) is 26.2. The Morgan fingerprint density at radius 3 is 1.18 bits per heavy atom. The minimum Gasteiger partial charge on any atom is -0.497 e. The number of aryl methyl sites for hydroxylation is 3. The van der Waals surface area contributed by atoms with Crippen molar-refractivity contribution < 1.29 is 122 Å². The normalized spacial score (nSPS) is 10.8. The van der Waals surface area contributed by atoms with E-state index in [1.807, 2.05) is 31.2 Å². The number of amides is 3. The number of halogens is 7. The third-order valence-corrected chi connectivity index (χ3v) is 27.5. The number of anilines is 3. The Labute approximate surface area is 861 Å². The van der Waals surface area contributed by atoms with E-state index in [0.29, 0.717) is 81.7 Å². The summed E-state index contributed by atoms with van der Waals surface area (Å²) in [7, 11) is 1.52. The summed E-state index contributed by atoms with van der Waals surface area (Å²) in [5.74, 6) is -15.4. The molecule has 0 saturated heterocycles. The average molecular weight is 2170 g/mol. The SMILES string of the molecule is COc1ccc(-c2csc(CC(=O)c3nc4ccccc4o3)c2C(=O)O)c(Cl)c1.Cc1ccc(-c2csc(NC(=O)c3nc4cccc(C#N)c4o3)c2C(=O)O)c(F)c1F.Cc1ccc(-c2csc(NC(=O)c3nc4cccc(F)c4o3)c2C(=O)O)c(F)c1F.N#Cc1cccc2nc(C(=O)Nc3scc(-c4ccc(Br)cc4)c3C(=O)O)oc12.[C-]#[N+]c1ccc(-c2csc(CC(=O)c3nc4ccccc4o3)c2C(=O)O)c(C)c1. The first-order valence-electron chi connectivity index (χ1n) is 42.6. The number of hydrogen-bond acceptors (Lipinski definition) is 28. The van der Waals surface area contributed by atoms with Crippen LogP contribution in [0.2, 0.25) is 5.02 Å². The minimum absolute atomic E-state index is 0.0144. The number of rotatable bonds is 23. The van der Waals surface area contributed by atoms with Gasteiger partial charge >= 0.3 is 47.6 Å². The second kappa shape index (κ2) is 44.0. The van der Waals surface area contributed by atoms with E-state index >= 15 is 0 Å². The molecule has 0 aliphatic heterocycles. The molecule has 0 aliphatic rings. The molecule has 20 rings (SSSR count). The molecule has 736 valence electrons. The molecule has 0 atom stereocenters. The molecule has 0 aliphatic carbocycles. The number of carbonyl (C=O) groups excluding carboxylic acids is 5. The van der Waals surface area contributed by atoms with E-state index in [-0.39, 0.29) is 146 Å². The number of Topliss-reactive ketones (excluding diaryl/α,β-unsaturated/α-hetero) is 2. The molecule has 3 amide bonds. The molecule has 10 heterocycles. The van der Waals surface area contributed by atoms with Gasteiger partial charge in [0.05, 0.1) is 53.8 Å². The lowest BCUT2D eigenvalue weighted by atomic mass is 9.97. The first-order chi connectivity index (χ1) is 71.0. The summed E-state index contributed by atoms with van der Waals surface area (Å²) < 4.78 is 103. The number of nitriles is 2. The minimum atomic E-state index is -1.45. The maximum absolute atomic E-state index is 14.4. The molecule has 0 unspecified atom stereocenters. The van der Waals surface area contributed by atoms with E-state index < -0.39 is 99.5 Å². The number of aromatic nitrogens is 5. The average Bonchev–Trinajstić information content (AvgIpc) is 1.37. The van der Waals surface area contributed by atoms with E-state index in [9.17, 15) is 95.4 Å². The van der Waals surface area contributed by atoms with Crippen LogP contribution in [-0.4, -0.2) is 117 Å². The number of fused-ring (bicyclic) bond motifs is 5. The maximum atomic E-state index is 14.4. The Morgan fingerprint density at radius 1 is 0.405 bits per heavy atom. The van der Waals surface area contributed by atoms with Gasteiger partial charge in [-0.3, -0.25) is 24.0 Å². The van der Waals surface area contributed by atoms with Crippen LogP contribution in [0.5, 0.6) is 5.75 Å². The molecule has 10 aromatic carbocycles. The first kappa shape index (κ1) is 103. The highest BCUT2D eigenvalue weighted by atomic mass is 79.9. The largest absolute Gasteiger partial charge is 0.497 e. The summed E-state index contributed by atoms with van der Waals surface area (Å²) in [4.78, 5) is 147. The summed E-state index contributed by atoms with van der Waals surface area (Å²) >= 11 is 14.8. The van der Waals surface area contributed by atoms with Crippen LogP contribution in [0.4, 0.5) is 42.6 Å². The lowest BCUT2D eigenvalue weighted by Gasteiger charge is -2.07. The summed E-state index contributed by atoms with van der Waals surface area (Å²) in [6, 6.07) is 53.9. The Balaban J connectivity index is 0.000000132. The number of carboxylic acids is 5. The third-order valence-electron chi connectivity index (χ3n) is 22.0. The molecule has 20 aromatic rings. The van der Waals surface area contributed by atoms with Gasteiger partial charge in [-0.2, -0.15) is 10.5 Å². The van der Waals surface area contributed by atoms with Crippen molar-refractivity contribution in [3.05, 3.63) is 360 Å². The number of hydrogen-bond donors (Lipinski definition) is 8. The molecular formula is C104H60BrClF5N11O21S5. The van der Waals surface area contributed by atoms with E-state index in [1.165, 1.54) is 96.9 Å². The smallest absolute Gasteiger partial charge is 0.339 e. The van der Waals surface area contributed by atoms with Crippen LogP contribution in [-0.2, 0) is 12.8 Å². The zero-order valence-electron chi connectivity index (χ0n) is 75.7. The van der Waals surface area contributed by atoms with Gasteiger partial charge in [-0.25, -0.2) is 75.7 Å². The lowest BCUT2D eigenvalue weighted by molar-refractivity contribution is 0.0686. The fourth-order valence-electron chi connectivity index (χ4n) is 14.9. The molecule has 0 fully saturated rings. The fraction of sp³-hybridized carbons (Fsp3) is 0.0577. The third kappa shape index (κ3) is 21.6. The number of nitrogens with zero attached hydrogens (tertiary/aromatic N) is 8. The highest BCUT2D eigenvalue weighted by molar-refractivity contribution is 9.10. The number of oxazole rings is 5. The standard InChI is InChI=1S/C22H14N2O4S.C21H14ClNO5S.C21H11F2N3O4S.C20H10BrN3O4S.C20H11F3N2O4S/c1-12-9-13(23-2)7-8-14(12)15-11-29-19(20(15)22(26)27)10-17(25)21-24-16-5-3-4-6-18(16)28-21;1-27-11-6-7-12(14(22)8-11)13-10-29-18(19(13)21(25)26)9-16(24)20-23-15-4-2-3-5-17(15)28-20;1-9-5-6-11(16(23)15(9)22)12-8-31-20(14(12)21(28)29)26-18(27)19-25-13-4-2-3-10(7-24)17(13)30-19;21-12-6-4-10(5-7-12)13-9-29-19(15(13)20(26)27)24-17(25)18-23-14-3-1-2-11(8-22)16(14)28-18;1-8-5-6-9(15(23)14(8)22)10-7-30-19(13(10)20(27)28)25-17(26)18-24-12-4-2-3-11(21)16(12)29-18/h3-9,11H,10H2,1H3,(H,26,27);2-8,10H,9H2,1H3,(H,25,26);2-6,8H,1H3,(H,26,27)(H,28,29);1-7,9H,(H,24,25)(H,26,27);2-7H,1H3,(H,25,26)(H,27,28). The van der Waals surface area contributed by atoms with Crippen LogP contribution < -0.4 is 20.7 Å². The predicted molar refractivity (Wildman–Crippen MR) is 543 cm³/mol. The maximum Gasteiger partial charge on any atom is 0.339 e. The number of aromatic carboxylic acids is 5. The topological polar surface area (TPSA) is 499 Å². The molecule has 0 spiro atoms. The van der Waals surface area contributed by atoms with Gasteiger partial charge in [0.1, 0.15) is 77.2 Å². The molecule has 8 N–H and O–H groups in total. The molecule has 0 radical (unpaired) electrons. The number of carbonyl (C=O) groups is 10. The second-order valence-electron chi connectivity index (χ2n) is 31.3. The Kier molecular flexibility index (Phi) is 30.5. The monoisotopic (exact) mass is 2170 g/mol.